The van der Waals surface area contributed by atoms with E-state index in [1.807, 2.05) is 20.8 Å². The molecular weight excluding hydrogens is 138 g/mol. The molecule has 3 nitrogen and oxygen atoms in total. The number of hydrogen-bond donors (Lipinski definition) is 0. The topological polar surface area (TPSA) is 37.1 Å². The van der Waals surface area contributed by atoms with Gasteiger partial charge < -0.3 is 4.99 Å². The Morgan fingerprint density at radius 1 is 1.27 bits per heavy atom. The molecule has 0 fully saturated rings. The summed E-state index contributed by atoms with van der Waals surface area (Å²) in [5.74, 6) is 0. The molecule has 0 aliphatic carbocycles. The summed E-state index contributed by atoms with van der Waals surface area (Å²) in [6.07, 6.45) is 2.63. The molecule has 0 atom stereocenters. The van der Waals surface area contributed by atoms with Gasteiger partial charge in [0.05, 0.1) is 0 Å². The summed E-state index contributed by atoms with van der Waals surface area (Å²) in [6, 6.07) is 0. The van der Waals surface area contributed by atoms with Crippen molar-refractivity contribution in [3.8, 4) is 0 Å². The van der Waals surface area contributed by atoms with E-state index in [1.54, 1.807) is 13.3 Å². The molecule has 0 saturated carbocycles. The minimum atomic E-state index is 0.930. The van der Waals surface area contributed by atoms with Crippen molar-refractivity contribution < 1.29 is 0 Å². The largest absolute Gasteiger partial charge is 0.304 e. The van der Waals surface area contributed by atoms with Gasteiger partial charge in [-0.3, -0.25) is 0 Å². The van der Waals surface area contributed by atoms with E-state index in [-0.39, 0.29) is 0 Å². The average molecular weight is 157 g/mol. The molecule has 0 aliphatic heterocycles. The molecular formula is C8H19N3. The monoisotopic (exact) mass is 157 g/mol. The third kappa shape index (κ3) is 110. The Balaban J connectivity index is -0.000000109. The lowest BCUT2D eigenvalue weighted by molar-refractivity contribution is 1.22. The minimum Gasteiger partial charge on any atom is -0.304 e. The third-order valence-corrected chi connectivity index (χ3v) is 0.346. The van der Waals surface area contributed by atoms with Crippen LogP contribution in [0.2, 0.25) is 0 Å². The minimum absolute atomic E-state index is 0.930. The molecule has 0 rings (SSSR count). The second kappa shape index (κ2) is 36.0. The predicted octanol–water partition coefficient (Wildman–Crippen LogP) is 2.43. The Hall–Kier alpha value is -0.990. The third-order valence-electron chi connectivity index (χ3n) is 0.346. The van der Waals surface area contributed by atoms with Crippen LogP contribution in [0.3, 0.4) is 0 Å². The maximum Gasteiger partial charge on any atom is 0.0269 e. The molecule has 0 N–H and O–H groups in total. The summed E-state index contributed by atoms with van der Waals surface area (Å²) in [5, 5.41) is 6.72. The molecule has 0 radical (unpaired) electrons. The lowest BCUT2D eigenvalue weighted by Crippen LogP contribution is -1.60. The van der Waals surface area contributed by atoms with Crippen LogP contribution in [0.1, 0.15) is 27.2 Å². The number of hydrogen-bond acceptors (Lipinski definition) is 3. The fraction of sp³-hybridized carbons (Fsp3) is 0.625. The van der Waals surface area contributed by atoms with Crippen LogP contribution in [0.25, 0.3) is 0 Å². The first kappa shape index (κ1) is 16.5. The number of rotatable bonds is 2. The molecule has 3 heteroatoms. The molecule has 0 heterocycles. The molecule has 0 aromatic heterocycles. The second-order valence-electron chi connectivity index (χ2n) is 1.16. The first-order valence-corrected chi connectivity index (χ1v) is 3.65. The quantitative estimate of drug-likeness (QED) is 0.436. The Labute approximate surface area is 70.0 Å². The zero-order valence-electron chi connectivity index (χ0n) is 8.04. The highest BCUT2D eigenvalue weighted by Gasteiger charge is 1.56. The Bertz CT molecular complexity index is 87.3. The molecule has 0 aliphatic rings. The molecule has 0 unspecified atom stereocenters. The van der Waals surface area contributed by atoms with Gasteiger partial charge in [0, 0.05) is 20.0 Å². The van der Waals surface area contributed by atoms with Crippen molar-refractivity contribution in [1.82, 2.24) is 0 Å². The van der Waals surface area contributed by atoms with E-state index in [0.29, 0.717) is 0 Å². The number of aliphatic imine (C=N–C) groups is 1. The first-order valence-electron chi connectivity index (χ1n) is 3.65. The lowest BCUT2D eigenvalue weighted by atomic mass is 10.6. The van der Waals surface area contributed by atoms with Gasteiger partial charge in [0.15, 0.2) is 0 Å². The smallest absolute Gasteiger partial charge is 0.0269 e. The van der Waals surface area contributed by atoms with E-state index in [1.165, 1.54) is 0 Å². The normalized spacial score (nSPS) is 6.91. The van der Waals surface area contributed by atoms with Gasteiger partial charge >= 0.3 is 0 Å². The van der Waals surface area contributed by atoms with E-state index in [9.17, 15) is 0 Å². The van der Waals surface area contributed by atoms with Crippen LogP contribution in [0.5, 0.6) is 0 Å². The van der Waals surface area contributed by atoms with Crippen molar-refractivity contribution in [3.05, 3.63) is 0 Å². The van der Waals surface area contributed by atoms with Crippen LogP contribution >= 0.6 is 0 Å². The second-order valence-corrected chi connectivity index (χ2v) is 1.16. The van der Waals surface area contributed by atoms with Crippen LogP contribution in [0.15, 0.2) is 15.2 Å². The molecule has 0 saturated heterocycles. The van der Waals surface area contributed by atoms with Gasteiger partial charge in [-0.25, -0.2) is 0 Å². The first-order chi connectivity index (χ1) is 5.33. The highest BCUT2D eigenvalue weighted by molar-refractivity contribution is 5.56. The Morgan fingerprint density at radius 2 is 1.64 bits per heavy atom. The van der Waals surface area contributed by atoms with E-state index in [2.05, 4.69) is 28.6 Å². The van der Waals surface area contributed by atoms with Crippen molar-refractivity contribution >= 4 is 19.6 Å². The van der Waals surface area contributed by atoms with Crippen molar-refractivity contribution in [2.24, 2.45) is 15.2 Å². The maximum absolute atomic E-state index is 3.48. The van der Waals surface area contributed by atoms with E-state index < -0.39 is 0 Å². The van der Waals surface area contributed by atoms with Crippen LogP contribution in [0.4, 0.5) is 0 Å². The fourth-order valence-corrected chi connectivity index (χ4v) is 0.139. The molecule has 66 valence electrons. The highest BCUT2D eigenvalue weighted by Crippen LogP contribution is 1.66. The van der Waals surface area contributed by atoms with Crippen molar-refractivity contribution in [1.29, 1.82) is 0 Å². The maximum atomic E-state index is 3.48. The van der Waals surface area contributed by atoms with E-state index >= 15 is 0 Å². The zero-order valence-corrected chi connectivity index (χ0v) is 8.04. The lowest BCUT2D eigenvalue weighted by Gasteiger charge is -1.67. The van der Waals surface area contributed by atoms with E-state index in [0.717, 1.165) is 6.42 Å². The van der Waals surface area contributed by atoms with Crippen molar-refractivity contribution in [2.45, 2.75) is 27.2 Å². The summed E-state index contributed by atoms with van der Waals surface area (Å²) in [7, 11) is 1.64. The van der Waals surface area contributed by atoms with Gasteiger partial charge in [-0.2, -0.15) is 10.2 Å². The zero-order chi connectivity index (χ0) is 9.54. The fourth-order valence-electron chi connectivity index (χ4n) is 0.139. The molecule has 0 aromatic carbocycles. The number of nitrogens with zero attached hydrogens (tertiary/aromatic N) is 3. The summed E-state index contributed by atoms with van der Waals surface area (Å²) in [4.78, 5) is 3.25. The van der Waals surface area contributed by atoms with Gasteiger partial charge in [-0.1, -0.05) is 20.8 Å². The summed E-state index contributed by atoms with van der Waals surface area (Å²) < 4.78 is 0. The summed E-state index contributed by atoms with van der Waals surface area (Å²) in [5.41, 5.74) is 0. The molecule has 11 heavy (non-hydrogen) atoms. The van der Waals surface area contributed by atoms with Gasteiger partial charge in [0.1, 0.15) is 0 Å². The van der Waals surface area contributed by atoms with Crippen molar-refractivity contribution in [2.75, 3.05) is 7.05 Å². The average Bonchev–Trinajstić information content (AvgIpc) is 2.06. The van der Waals surface area contributed by atoms with Gasteiger partial charge in [0.25, 0.3) is 0 Å². The molecule has 0 spiro atoms. The predicted molar refractivity (Wildman–Crippen MR) is 55.2 cm³/mol. The Morgan fingerprint density at radius 3 is 1.73 bits per heavy atom. The van der Waals surface area contributed by atoms with E-state index in [4.69, 9.17) is 0 Å². The van der Waals surface area contributed by atoms with Crippen LogP contribution < -0.4 is 0 Å². The molecule has 0 amide bonds. The molecule has 0 aromatic rings. The van der Waals surface area contributed by atoms with Gasteiger partial charge in [0.2, 0.25) is 0 Å². The summed E-state index contributed by atoms with van der Waals surface area (Å²) >= 11 is 0. The molecule has 0 bridgehead atoms. The van der Waals surface area contributed by atoms with Crippen LogP contribution in [-0.4, -0.2) is 26.7 Å². The highest BCUT2D eigenvalue weighted by atomic mass is 15.2. The Kier molecular flexibility index (Phi) is 54.0. The standard InChI is InChI=1S/C4H8N2.C2H5N.C2H6/c1-3-4-6-5-2;1-3-2;1-2/h4H,2-3H2,1H3;1H2,2H3;1-2H3/b6-4-;;. The van der Waals surface area contributed by atoms with Gasteiger partial charge in [-0.05, 0) is 13.1 Å². The summed E-state index contributed by atoms with van der Waals surface area (Å²) in [6.45, 7) is 12.3. The van der Waals surface area contributed by atoms with Crippen LogP contribution in [-0.2, 0) is 0 Å². The SMILES string of the molecule is C=N/N=C\CC.C=NC.CC. The van der Waals surface area contributed by atoms with Crippen LogP contribution in [0, 0.1) is 0 Å². The van der Waals surface area contributed by atoms with Crippen molar-refractivity contribution in [3.63, 3.8) is 0 Å². The van der Waals surface area contributed by atoms with Gasteiger partial charge in [-0.15, -0.1) is 0 Å².